The van der Waals surface area contributed by atoms with Crippen molar-refractivity contribution in [1.29, 1.82) is 0 Å². The van der Waals surface area contributed by atoms with Crippen LogP contribution in [0.3, 0.4) is 0 Å². The molecular weight excluding hydrogens is 268 g/mol. The maximum Gasteiger partial charge on any atom is 0.258 e. The molecule has 0 bridgehead atoms. The van der Waals surface area contributed by atoms with Crippen LogP contribution in [-0.2, 0) is 16.0 Å². The van der Waals surface area contributed by atoms with Crippen LogP contribution in [0.15, 0.2) is 18.2 Å². The first-order valence-electron chi connectivity index (χ1n) is 7.35. The van der Waals surface area contributed by atoms with Gasteiger partial charge in [-0.05, 0) is 44.0 Å². The Kier molecular flexibility index (Phi) is 5.59. The molecule has 1 aromatic carbocycles. The largest absolute Gasteiger partial charge is 0.483 e. The van der Waals surface area contributed by atoms with Crippen molar-refractivity contribution in [2.24, 2.45) is 0 Å². The average molecular weight is 292 g/mol. The first kappa shape index (κ1) is 15.8. The van der Waals surface area contributed by atoms with E-state index in [1.165, 1.54) is 11.1 Å². The van der Waals surface area contributed by atoms with Gasteiger partial charge in [0.05, 0.1) is 6.61 Å². The number of hydrogen-bond donors (Lipinski definition) is 2. The molecule has 0 aromatic heterocycles. The van der Waals surface area contributed by atoms with Gasteiger partial charge in [0.2, 0.25) is 0 Å². The van der Waals surface area contributed by atoms with E-state index in [0.717, 1.165) is 18.6 Å². The Hall–Kier alpha value is -1.59. The van der Waals surface area contributed by atoms with Crippen molar-refractivity contribution < 1.29 is 14.3 Å². The van der Waals surface area contributed by atoms with Gasteiger partial charge in [-0.1, -0.05) is 12.1 Å². The zero-order chi connectivity index (χ0) is 15.2. The number of carbonyl (C=O) groups excluding carboxylic acids is 1. The summed E-state index contributed by atoms with van der Waals surface area (Å²) in [5.74, 6) is 0.695. The molecule has 1 aliphatic rings. The predicted molar refractivity (Wildman–Crippen MR) is 81.5 cm³/mol. The third-order valence-corrected chi connectivity index (χ3v) is 3.76. The minimum absolute atomic E-state index is 0.0127. The summed E-state index contributed by atoms with van der Waals surface area (Å²) in [6.07, 6.45) is 2.06. The van der Waals surface area contributed by atoms with E-state index in [2.05, 4.69) is 16.7 Å². The number of carbonyl (C=O) groups is 1. The average Bonchev–Trinajstić information content (AvgIpc) is 2.88. The van der Waals surface area contributed by atoms with Gasteiger partial charge >= 0.3 is 0 Å². The molecule has 116 valence electrons. The van der Waals surface area contributed by atoms with Gasteiger partial charge in [-0.25, -0.2) is 0 Å². The van der Waals surface area contributed by atoms with Gasteiger partial charge in [0.1, 0.15) is 5.75 Å². The second-order valence-corrected chi connectivity index (χ2v) is 5.42. The molecule has 0 spiro atoms. The summed E-state index contributed by atoms with van der Waals surface area (Å²) in [4.78, 5) is 11.8. The van der Waals surface area contributed by atoms with Crippen LogP contribution >= 0.6 is 0 Å². The number of nitrogens with one attached hydrogen (secondary N) is 2. The van der Waals surface area contributed by atoms with Gasteiger partial charge in [0.15, 0.2) is 6.61 Å². The second kappa shape index (κ2) is 7.43. The number of rotatable bonds is 7. The molecule has 2 N–H and O–H groups in total. The molecule has 1 amide bonds. The molecule has 21 heavy (non-hydrogen) atoms. The summed E-state index contributed by atoms with van der Waals surface area (Å²) in [7, 11) is 3.59. The Bertz CT molecular complexity index is 490. The van der Waals surface area contributed by atoms with E-state index in [4.69, 9.17) is 9.47 Å². The molecule has 2 atom stereocenters. The third-order valence-electron chi connectivity index (χ3n) is 3.76. The first-order valence-corrected chi connectivity index (χ1v) is 7.35. The zero-order valence-electron chi connectivity index (χ0n) is 12.9. The standard InChI is InChI=1S/C16H24N2O3/c1-11(9-20-3)18-16(19)10-21-15-6-4-5-12-13(15)7-8-14(12)17-2/h4-6,11,14,17H,7-10H2,1-3H3,(H,18,19). The monoisotopic (exact) mass is 292 g/mol. The van der Waals surface area contributed by atoms with Gasteiger partial charge < -0.3 is 20.1 Å². The molecule has 0 saturated carbocycles. The second-order valence-electron chi connectivity index (χ2n) is 5.42. The highest BCUT2D eigenvalue weighted by molar-refractivity contribution is 5.77. The van der Waals surface area contributed by atoms with Gasteiger partial charge in [-0.2, -0.15) is 0 Å². The normalized spacial score (nSPS) is 18.1. The van der Waals surface area contributed by atoms with Gasteiger partial charge in [0, 0.05) is 19.2 Å². The number of fused-ring (bicyclic) bond motifs is 1. The number of hydrogen-bond acceptors (Lipinski definition) is 4. The van der Waals surface area contributed by atoms with Crippen molar-refractivity contribution in [2.75, 3.05) is 27.4 Å². The maximum atomic E-state index is 11.8. The smallest absolute Gasteiger partial charge is 0.258 e. The molecule has 0 saturated heterocycles. The lowest BCUT2D eigenvalue weighted by Gasteiger charge is -2.15. The molecule has 0 fully saturated rings. The lowest BCUT2D eigenvalue weighted by Crippen LogP contribution is -2.38. The van der Waals surface area contributed by atoms with Crippen LogP contribution < -0.4 is 15.4 Å². The lowest BCUT2D eigenvalue weighted by atomic mass is 10.1. The van der Waals surface area contributed by atoms with Crippen molar-refractivity contribution in [3.05, 3.63) is 29.3 Å². The summed E-state index contributed by atoms with van der Waals surface area (Å²) in [5.41, 5.74) is 2.50. The Morgan fingerprint density at radius 1 is 1.48 bits per heavy atom. The lowest BCUT2D eigenvalue weighted by molar-refractivity contribution is -0.124. The summed E-state index contributed by atoms with van der Waals surface area (Å²) in [6, 6.07) is 6.41. The molecule has 5 heteroatoms. The van der Waals surface area contributed by atoms with Crippen LogP contribution in [-0.4, -0.2) is 39.3 Å². The highest BCUT2D eigenvalue weighted by Gasteiger charge is 2.24. The molecule has 0 aliphatic heterocycles. The minimum Gasteiger partial charge on any atom is -0.483 e. The Morgan fingerprint density at radius 2 is 2.29 bits per heavy atom. The summed E-state index contributed by atoms with van der Waals surface area (Å²) in [5, 5.41) is 6.14. The molecule has 2 rings (SSSR count). The van der Waals surface area contributed by atoms with Crippen molar-refractivity contribution >= 4 is 5.91 Å². The van der Waals surface area contributed by atoms with E-state index in [1.807, 2.05) is 26.1 Å². The van der Waals surface area contributed by atoms with Crippen LogP contribution in [0.5, 0.6) is 5.75 Å². The Balaban J connectivity index is 1.93. The van der Waals surface area contributed by atoms with Crippen LogP contribution in [0.1, 0.15) is 30.5 Å². The van der Waals surface area contributed by atoms with Gasteiger partial charge in [-0.3, -0.25) is 4.79 Å². The maximum absolute atomic E-state index is 11.8. The molecule has 1 aliphatic carbocycles. The summed E-state index contributed by atoms with van der Waals surface area (Å²) in [6.45, 7) is 2.43. The predicted octanol–water partition coefficient (Wildman–Crippen LogP) is 1.42. The number of amides is 1. The highest BCUT2D eigenvalue weighted by atomic mass is 16.5. The number of methoxy groups -OCH3 is 1. The minimum atomic E-state index is -0.125. The van der Waals surface area contributed by atoms with E-state index in [-0.39, 0.29) is 18.6 Å². The van der Waals surface area contributed by atoms with Crippen LogP contribution in [0, 0.1) is 0 Å². The molecular formula is C16H24N2O3. The van der Waals surface area contributed by atoms with Gasteiger partial charge in [-0.15, -0.1) is 0 Å². The SMILES string of the molecule is CNC1CCc2c(OCC(=O)NC(C)COC)cccc21. The Morgan fingerprint density at radius 3 is 3.00 bits per heavy atom. The van der Waals surface area contributed by atoms with E-state index in [1.54, 1.807) is 7.11 Å². The van der Waals surface area contributed by atoms with E-state index in [9.17, 15) is 4.79 Å². The fraction of sp³-hybridized carbons (Fsp3) is 0.562. The molecule has 5 nitrogen and oxygen atoms in total. The van der Waals surface area contributed by atoms with Crippen LogP contribution in [0.2, 0.25) is 0 Å². The van der Waals surface area contributed by atoms with Crippen molar-refractivity contribution in [2.45, 2.75) is 31.8 Å². The first-order chi connectivity index (χ1) is 10.2. The quantitative estimate of drug-likeness (QED) is 0.798. The zero-order valence-corrected chi connectivity index (χ0v) is 12.9. The third kappa shape index (κ3) is 3.95. The van der Waals surface area contributed by atoms with Crippen molar-refractivity contribution in [3.63, 3.8) is 0 Å². The van der Waals surface area contributed by atoms with Gasteiger partial charge in [0.25, 0.3) is 5.91 Å². The molecule has 2 unspecified atom stereocenters. The van der Waals surface area contributed by atoms with Crippen molar-refractivity contribution in [1.82, 2.24) is 10.6 Å². The molecule has 0 radical (unpaired) electrons. The number of ether oxygens (including phenoxy) is 2. The molecule has 1 aromatic rings. The van der Waals surface area contributed by atoms with Crippen LogP contribution in [0.4, 0.5) is 0 Å². The van der Waals surface area contributed by atoms with E-state index >= 15 is 0 Å². The Labute approximate surface area is 126 Å². The van der Waals surface area contributed by atoms with Crippen LogP contribution in [0.25, 0.3) is 0 Å². The van der Waals surface area contributed by atoms with E-state index in [0.29, 0.717) is 12.6 Å². The fourth-order valence-electron chi connectivity index (χ4n) is 2.81. The van der Waals surface area contributed by atoms with E-state index < -0.39 is 0 Å². The fourth-order valence-corrected chi connectivity index (χ4v) is 2.81. The van der Waals surface area contributed by atoms with Crippen molar-refractivity contribution in [3.8, 4) is 5.75 Å². The number of benzene rings is 1. The summed E-state index contributed by atoms with van der Waals surface area (Å²) < 4.78 is 10.7. The topological polar surface area (TPSA) is 59.6 Å². The summed E-state index contributed by atoms with van der Waals surface area (Å²) >= 11 is 0. The highest BCUT2D eigenvalue weighted by Crippen LogP contribution is 2.36. The molecule has 0 heterocycles.